The topological polar surface area (TPSA) is 62.2 Å². The van der Waals surface area contributed by atoms with Crippen molar-refractivity contribution >= 4 is 38.0 Å². The molecule has 1 atom stereocenters. The first-order valence-electron chi connectivity index (χ1n) is 7.66. The van der Waals surface area contributed by atoms with Crippen LogP contribution in [0.5, 0.6) is 0 Å². The van der Waals surface area contributed by atoms with Gasteiger partial charge in [0.25, 0.3) is 0 Å². The van der Waals surface area contributed by atoms with E-state index >= 15 is 0 Å². The van der Waals surface area contributed by atoms with Gasteiger partial charge in [0.2, 0.25) is 0 Å². The van der Waals surface area contributed by atoms with Crippen molar-refractivity contribution in [1.82, 2.24) is 10.3 Å². The van der Waals surface area contributed by atoms with Crippen LogP contribution < -0.4 is 5.32 Å². The Balaban J connectivity index is 2.02. The van der Waals surface area contributed by atoms with E-state index in [9.17, 15) is 18.7 Å². The number of carbonyl (C=O) groups is 1. The van der Waals surface area contributed by atoms with Crippen molar-refractivity contribution in [2.45, 2.75) is 31.7 Å². The zero-order valence-corrected chi connectivity index (χ0v) is 16.1. The van der Waals surface area contributed by atoms with E-state index in [2.05, 4.69) is 42.2 Å². The lowest BCUT2D eigenvalue weighted by Crippen LogP contribution is -2.29. The van der Waals surface area contributed by atoms with Crippen molar-refractivity contribution < 1.29 is 18.7 Å². The maximum absolute atomic E-state index is 13.5. The highest BCUT2D eigenvalue weighted by atomic mass is 79.9. The Morgan fingerprint density at radius 3 is 2.48 bits per heavy atom. The minimum Gasteiger partial charge on any atom is -0.465 e. The first kappa shape index (κ1) is 18.3. The molecule has 4 nitrogen and oxygen atoms in total. The molecule has 0 saturated carbocycles. The number of carboxylic acid groups (broad SMARTS) is 1. The summed E-state index contributed by atoms with van der Waals surface area (Å²) in [6.45, 7) is 0. The number of hydrogen-bond donors (Lipinski definition) is 2. The first-order valence-corrected chi connectivity index (χ1v) is 9.25. The molecule has 0 saturated heterocycles. The van der Waals surface area contributed by atoms with Crippen molar-refractivity contribution in [3.8, 4) is 0 Å². The largest absolute Gasteiger partial charge is 0.465 e. The number of benzene rings is 1. The van der Waals surface area contributed by atoms with Gasteiger partial charge in [-0.1, -0.05) is 0 Å². The van der Waals surface area contributed by atoms with Gasteiger partial charge in [-0.2, -0.15) is 0 Å². The molecule has 1 aliphatic rings. The number of hydrogen-bond acceptors (Lipinski definition) is 2. The second-order valence-corrected chi connectivity index (χ2v) is 7.44. The predicted octanol–water partition coefficient (Wildman–Crippen LogP) is 4.92. The van der Waals surface area contributed by atoms with Crippen LogP contribution >= 0.6 is 31.9 Å². The minimum atomic E-state index is -1.23. The van der Waals surface area contributed by atoms with Crippen LogP contribution in [-0.2, 0) is 19.3 Å². The lowest BCUT2D eigenvalue weighted by molar-refractivity contribution is 0.189. The van der Waals surface area contributed by atoms with Crippen LogP contribution in [0.25, 0.3) is 0 Å². The quantitative estimate of drug-likeness (QED) is 0.616. The highest BCUT2D eigenvalue weighted by molar-refractivity contribution is 9.11. The van der Waals surface area contributed by atoms with Gasteiger partial charge in [-0.15, -0.1) is 0 Å². The average molecular weight is 476 g/mol. The lowest BCUT2D eigenvalue weighted by atomic mass is 10.0. The van der Waals surface area contributed by atoms with Gasteiger partial charge in [0.15, 0.2) is 0 Å². The number of aromatic nitrogens is 1. The summed E-state index contributed by atoms with van der Waals surface area (Å²) in [5.74, 6) is -1.41. The van der Waals surface area contributed by atoms with Gasteiger partial charge in [-0.05, 0) is 86.4 Å². The van der Waals surface area contributed by atoms with Crippen molar-refractivity contribution in [1.29, 1.82) is 0 Å². The van der Waals surface area contributed by atoms with Crippen LogP contribution in [0.4, 0.5) is 13.6 Å². The Bertz CT molecular complexity index is 826. The van der Waals surface area contributed by atoms with E-state index < -0.39 is 23.8 Å². The summed E-state index contributed by atoms with van der Waals surface area (Å²) in [6, 6.07) is 2.42. The van der Waals surface area contributed by atoms with E-state index in [1.807, 2.05) is 0 Å². The maximum atomic E-state index is 13.5. The third kappa shape index (κ3) is 4.00. The lowest BCUT2D eigenvalue weighted by Gasteiger charge is -2.20. The molecule has 8 heteroatoms. The van der Waals surface area contributed by atoms with Gasteiger partial charge in [-0.3, -0.25) is 0 Å². The van der Waals surface area contributed by atoms with Crippen LogP contribution in [0.2, 0.25) is 0 Å². The van der Waals surface area contributed by atoms with Crippen LogP contribution in [0.3, 0.4) is 0 Å². The Labute approximate surface area is 159 Å². The molecule has 2 N–H and O–H groups in total. The molecule has 0 fully saturated rings. The summed E-state index contributed by atoms with van der Waals surface area (Å²) in [4.78, 5) is 15.7. The summed E-state index contributed by atoms with van der Waals surface area (Å²) in [5, 5.41) is 11.6. The molecule has 1 aromatic carbocycles. The number of halogens is 4. The second-order valence-electron chi connectivity index (χ2n) is 5.90. The summed E-state index contributed by atoms with van der Waals surface area (Å²) >= 11 is 6.98. The van der Waals surface area contributed by atoms with Crippen molar-refractivity contribution in [2.24, 2.45) is 0 Å². The summed E-state index contributed by atoms with van der Waals surface area (Å²) in [7, 11) is 0. The zero-order chi connectivity index (χ0) is 18.1. The molecule has 0 bridgehead atoms. The van der Waals surface area contributed by atoms with E-state index in [0.29, 0.717) is 15.9 Å². The van der Waals surface area contributed by atoms with Gasteiger partial charge < -0.3 is 10.4 Å². The molecule has 25 heavy (non-hydrogen) atoms. The summed E-state index contributed by atoms with van der Waals surface area (Å²) in [5.41, 5.74) is 3.06. The third-order valence-electron chi connectivity index (χ3n) is 4.17. The molecule has 0 spiro atoms. The molecule has 0 aliphatic heterocycles. The highest BCUT2D eigenvalue weighted by Crippen LogP contribution is 2.38. The number of amides is 1. The number of nitrogens with zero attached hydrogens (tertiary/aromatic N) is 1. The normalized spacial score (nSPS) is 14.2. The fraction of sp³-hybridized carbons (Fsp3) is 0.294. The number of rotatable bonds is 4. The first-order chi connectivity index (χ1) is 11.8. The van der Waals surface area contributed by atoms with E-state index in [4.69, 9.17) is 0 Å². The number of fused-ring (bicyclic) bond motifs is 1. The summed E-state index contributed by atoms with van der Waals surface area (Å²) < 4.78 is 28.3. The minimum absolute atomic E-state index is 0.0812. The average Bonchev–Trinajstić information content (AvgIpc) is 2.99. The Morgan fingerprint density at radius 2 is 1.84 bits per heavy atom. The number of pyridine rings is 1. The van der Waals surface area contributed by atoms with Crippen molar-refractivity contribution in [3.63, 3.8) is 0 Å². The predicted molar refractivity (Wildman–Crippen MR) is 95.6 cm³/mol. The maximum Gasteiger partial charge on any atom is 0.405 e. The molecule has 0 radical (unpaired) electrons. The van der Waals surface area contributed by atoms with Crippen LogP contribution in [0, 0.1) is 11.6 Å². The van der Waals surface area contributed by atoms with Gasteiger partial charge in [0.05, 0.1) is 11.7 Å². The smallest absolute Gasteiger partial charge is 0.405 e. The molecular formula is C17H14Br2F2N2O2. The van der Waals surface area contributed by atoms with Gasteiger partial charge in [0.1, 0.15) is 16.2 Å². The van der Waals surface area contributed by atoms with Gasteiger partial charge in [-0.25, -0.2) is 18.6 Å². The Kier molecular flexibility index (Phi) is 5.38. The molecule has 1 aromatic heterocycles. The van der Waals surface area contributed by atoms with Crippen molar-refractivity contribution in [3.05, 3.63) is 61.3 Å². The molecule has 3 rings (SSSR count). The van der Waals surface area contributed by atoms with Crippen LogP contribution in [-0.4, -0.2) is 16.2 Å². The second kappa shape index (κ2) is 7.37. The Hall–Kier alpha value is -1.54. The fourth-order valence-corrected chi connectivity index (χ4v) is 4.58. The van der Waals surface area contributed by atoms with E-state index in [-0.39, 0.29) is 6.42 Å². The SMILES string of the molecule is O=C(O)NC(Cc1cc(F)cc(F)c1)c1nc(Br)c2c(c1Br)CCC2. The van der Waals surface area contributed by atoms with Gasteiger partial charge in [0, 0.05) is 10.5 Å². The zero-order valence-electron chi connectivity index (χ0n) is 13.0. The van der Waals surface area contributed by atoms with E-state index in [1.54, 1.807) is 0 Å². The molecule has 1 aliphatic carbocycles. The van der Waals surface area contributed by atoms with E-state index in [1.165, 1.54) is 12.1 Å². The molecule has 1 unspecified atom stereocenters. The fourth-order valence-electron chi connectivity index (χ4n) is 3.15. The van der Waals surface area contributed by atoms with Crippen molar-refractivity contribution in [2.75, 3.05) is 0 Å². The molecular weight excluding hydrogens is 462 g/mol. The standard InChI is InChI=1S/C17H14Br2F2N2O2/c18-14-11-2-1-3-12(11)16(19)23-15(14)13(22-17(24)25)6-8-4-9(20)7-10(21)5-8/h4-5,7,13,22H,1-3,6H2,(H,24,25). The van der Waals surface area contributed by atoms with E-state index in [0.717, 1.165) is 40.9 Å². The van der Waals surface area contributed by atoms with Crippen LogP contribution in [0.15, 0.2) is 27.3 Å². The molecule has 132 valence electrons. The van der Waals surface area contributed by atoms with Gasteiger partial charge >= 0.3 is 6.09 Å². The summed E-state index contributed by atoms with van der Waals surface area (Å²) in [6.07, 6.45) is 1.64. The molecule has 2 aromatic rings. The molecule has 1 amide bonds. The monoisotopic (exact) mass is 474 g/mol. The highest BCUT2D eigenvalue weighted by Gasteiger charge is 2.26. The third-order valence-corrected chi connectivity index (χ3v) is 5.71. The Morgan fingerprint density at radius 1 is 1.20 bits per heavy atom. The number of nitrogens with one attached hydrogen (secondary N) is 1. The van der Waals surface area contributed by atoms with Crippen LogP contribution in [0.1, 0.15) is 34.8 Å². The molecule has 1 heterocycles.